The molecule has 2 atom stereocenters. The maximum absolute atomic E-state index is 12.8. The monoisotopic (exact) mass is 355 g/mol. The molecule has 2 saturated heterocycles. The van der Waals surface area contributed by atoms with Crippen molar-refractivity contribution < 1.29 is 9.59 Å². The molecule has 1 unspecified atom stereocenters. The Bertz CT molecular complexity index is 711. The lowest BCUT2D eigenvalue weighted by molar-refractivity contribution is -0.119. The van der Waals surface area contributed by atoms with Crippen LogP contribution >= 0.6 is 0 Å². The van der Waals surface area contributed by atoms with Gasteiger partial charge in [-0.2, -0.15) is 0 Å². The number of nitrogens with two attached hydrogens (primary N) is 1. The predicted molar refractivity (Wildman–Crippen MR) is 101 cm³/mol. The second-order valence-electron chi connectivity index (χ2n) is 8.13. The SMILES string of the molecule is CN(C)CC1(c2ccc(N3C(=O)N4CC[CH][C@@H]4C3C(N)=O)cc2)CCC1. The molecule has 3 aliphatic rings. The Morgan fingerprint density at radius 2 is 1.96 bits per heavy atom. The van der Waals surface area contributed by atoms with E-state index in [1.54, 1.807) is 9.80 Å². The van der Waals surface area contributed by atoms with Crippen molar-refractivity contribution in [1.82, 2.24) is 9.80 Å². The Kier molecular flexibility index (Phi) is 4.18. The van der Waals surface area contributed by atoms with Gasteiger partial charge in [0.25, 0.3) is 0 Å². The number of likely N-dealkylation sites (N-methyl/N-ethyl adjacent to an activating group) is 1. The van der Waals surface area contributed by atoms with Crippen LogP contribution in [0.25, 0.3) is 0 Å². The van der Waals surface area contributed by atoms with Gasteiger partial charge in [0.05, 0.1) is 6.04 Å². The highest BCUT2D eigenvalue weighted by Gasteiger charge is 2.51. The highest BCUT2D eigenvalue weighted by atomic mass is 16.2. The molecule has 3 fully saturated rings. The van der Waals surface area contributed by atoms with Gasteiger partial charge in [0.15, 0.2) is 0 Å². The first-order valence-corrected chi connectivity index (χ1v) is 9.41. The van der Waals surface area contributed by atoms with E-state index in [2.05, 4.69) is 31.1 Å². The molecule has 6 nitrogen and oxygen atoms in total. The van der Waals surface area contributed by atoms with Gasteiger partial charge in [0.2, 0.25) is 5.91 Å². The van der Waals surface area contributed by atoms with E-state index >= 15 is 0 Å². The summed E-state index contributed by atoms with van der Waals surface area (Å²) in [5.41, 5.74) is 7.93. The van der Waals surface area contributed by atoms with Crippen molar-refractivity contribution in [3.05, 3.63) is 36.2 Å². The number of carbonyl (C=O) groups is 2. The summed E-state index contributed by atoms with van der Waals surface area (Å²) in [6.45, 7) is 1.69. The quantitative estimate of drug-likeness (QED) is 0.875. The summed E-state index contributed by atoms with van der Waals surface area (Å²) in [5, 5.41) is 0. The van der Waals surface area contributed by atoms with E-state index in [0.717, 1.165) is 18.7 Å². The summed E-state index contributed by atoms with van der Waals surface area (Å²) in [7, 11) is 4.22. The third kappa shape index (κ3) is 2.58. The average Bonchev–Trinajstić information content (AvgIpc) is 3.13. The van der Waals surface area contributed by atoms with Gasteiger partial charge in [-0.25, -0.2) is 4.79 Å². The second-order valence-corrected chi connectivity index (χ2v) is 8.13. The summed E-state index contributed by atoms with van der Waals surface area (Å²) >= 11 is 0. The Hall–Kier alpha value is -2.08. The van der Waals surface area contributed by atoms with E-state index in [1.165, 1.54) is 24.8 Å². The van der Waals surface area contributed by atoms with E-state index in [1.807, 2.05) is 18.6 Å². The minimum Gasteiger partial charge on any atom is -0.368 e. The third-order valence-electron chi connectivity index (χ3n) is 6.17. The maximum atomic E-state index is 12.8. The van der Waals surface area contributed by atoms with Crippen LogP contribution < -0.4 is 10.6 Å². The highest BCUT2D eigenvalue weighted by molar-refractivity contribution is 6.04. The lowest BCUT2D eigenvalue weighted by Crippen LogP contribution is -2.47. The molecule has 1 aromatic rings. The number of hydrogen-bond donors (Lipinski definition) is 1. The van der Waals surface area contributed by atoms with Crippen molar-refractivity contribution in [2.45, 2.75) is 43.2 Å². The molecule has 2 aliphatic heterocycles. The molecule has 1 aromatic carbocycles. The van der Waals surface area contributed by atoms with Gasteiger partial charge < -0.3 is 15.5 Å². The van der Waals surface area contributed by atoms with Gasteiger partial charge in [-0.1, -0.05) is 18.6 Å². The zero-order chi connectivity index (χ0) is 18.5. The topological polar surface area (TPSA) is 69.9 Å². The van der Waals surface area contributed by atoms with Crippen LogP contribution in [0.5, 0.6) is 0 Å². The zero-order valence-corrected chi connectivity index (χ0v) is 15.5. The zero-order valence-electron chi connectivity index (χ0n) is 15.5. The molecule has 4 rings (SSSR count). The van der Waals surface area contributed by atoms with Gasteiger partial charge in [0, 0.05) is 24.2 Å². The van der Waals surface area contributed by atoms with E-state index in [4.69, 9.17) is 5.73 Å². The largest absolute Gasteiger partial charge is 0.368 e. The van der Waals surface area contributed by atoms with Crippen molar-refractivity contribution >= 4 is 17.6 Å². The molecule has 26 heavy (non-hydrogen) atoms. The summed E-state index contributed by atoms with van der Waals surface area (Å²) in [6.07, 6.45) is 6.50. The summed E-state index contributed by atoms with van der Waals surface area (Å²) in [6, 6.07) is 7.25. The second kappa shape index (κ2) is 6.27. The Labute approximate surface area is 154 Å². The standard InChI is InChI=1S/C20H27N4O2/c1-22(2)13-20(10-4-11-20)14-6-8-15(9-7-14)24-17(18(21)25)16-5-3-12-23(16)19(24)26/h5-9,16-17H,3-4,10-13H2,1-2H3,(H2,21,25)/t16-,17?/m1/s1. The third-order valence-corrected chi connectivity index (χ3v) is 6.17. The predicted octanol–water partition coefficient (Wildman–Crippen LogP) is 1.74. The summed E-state index contributed by atoms with van der Waals surface area (Å²) in [5.74, 6) is -0.448. The van der Waals surface area contributed by atoms with Gasteiger partial charge >= 0.3 is 6.03 Å². The smallest absolute Gasteiger partial charge is 0.325 e. The molecule has 2 N–H and O–H groups in total. The van der Waals surface area contributed by atoms with E-state index < -0.39 is 11.9 Å². The number of urea groups is 1. The molecule has 3 amide bonds. The van der Waals surface area contributed by atoms with Crippen molar-refractivity contribution in [2.24, 2.45) is 5.73 Å². The molecule has 6 heteroatoms. The fourth-order valence-corrected chi connectivity index (χ4v) is 4.88. The molecule has 1 radical (unpaired) electrons. The van der Waals surface area contributed by atoms with Crippen LogP contribution in [0, 0.1) is 6.42 Å². The fourth-order valence-electron chi connectivity index (χ4n) is 4.88. The van der Waals surface area contributed by atoms with Crippen molar-refractivity contribution in [2.75, 3.05) is 32.1 Å². The van der Waals surface area contributed by atoms with E-state index in [-0.39, 0.29) is 17.5 Å². The first-order chi connectivity index (χ1) is 12.4. The van der Waals surface area contributed by atoms with Crippen LogP contribution in [0.1, 0.15) is 31.2 Å². The molecular formula is C20H27N4O2. The molecule has 0 aromatic heterocycles. The van der Waals surface area contributed by atoms with E-state index in [0.29, 0.717) is 6.54 Å². The lowest BCUT2D eigenvalue weighted by Gasteiger charge is -2.44. The molecule has 0 bridgehead atoms. The number of amides is 3. The van der Waals surface area contributed by atoms with Crippen molar-refractivity contribution in [3.63, 3.8) is 0 Å². The number of fused-ring (bicyclic) bond motifs is 1. The minimum absolute atomic E-state index is 0.119. The molecule has 1 saturated carbocycles. The van der Waals surface area contributed by atoms with Crippen LogP contribution in [-0.2, 0) is 10.2 Å². The molecule has 0 spiro atoms. The van der Waals surface area contributed by atoms with E-state index in [9.17, 15) is 9.59 Å². The summed E-state index contributed by atoms with van der Waals surface area (Å²) < 4.78 is 0. The Balaban J connectivity index is 1.62. The highest BCUT2D eigenvalue weighted by Crippen LogP contribution is 2.45. The first-order valence-electron chi connectivity index (χ1n) is 9.41. The molecule has 1 aliphatic carbocycles. The van der Waals surface area contributed by atoms with Crippen molar-refractivity contribution in [3.8, 4) is 0 Å². The lowest BCUT2D eigenvalue weighted by atomic mass is 9.64. The normalized spacial score (nSPS) is 27.0. The number of nitrogens with zero attached hydrogens (tertiary/aromatic N) is 3. The van der Waals surface area contributed by atoms with Gasteiger partial charge in [-0.05, 0) is 57.5 Å². The van der Waals surface area contributed by atoms with Gasteiger partial charge in [-0.15, -0.1) is 0 Å². The van der Waals surface area contributed by atoms with Crippen LogP contribution in [0.4, 0.5) is 10.5 Å². The van der Waals surface area contributed by atoms with Gasteiger partial charge in [-0.3, -0.25) is 9.69 Å². The van der Waals surface area contributed by atoms with Crippen LogP contribution in [0.2, 0.25) is 0 Å². The maximum Gasteiger partial charge on any atom is 0.325 e. The first kappa shape index (κ1) is 17.3. The number of hydrogen-bond acceptors (Lipinski definition) is 3. The van der Waals surface area contributed by atoms with Crippen LogP contribution in [0.15, 0.2) is 24.3 Å². The number of anilines is 1. The molecule has 2 heterocycles. The minimum atomic E-state index is -0.615. The fraction of sp³-hybridized carbons (Fsp3) is 0.550. The van der Waals surface area contributed by atoms with Crippen LogP contribution in [-0.4, -0.2) is 61.0 Å². The van der Waals surface area contributed by atoms with Crippen molar-refractivity contribution in [1.29, 1.82) is 0 Å². The van der Waals surface area contributed by atoms with Gasteiger partial charge in [0.1, 0.15) is 6.04 Å². The number of carbonyl (C=O) groups excluding carboxylic acids is 2. The summed E-state index contributed by atoms with van der Waals surface area (Å²) in [4.78, 5) is 30.4. The number of rotatable bonds is 5. The molecule has 139 valence electrons. The number of benzene rings is 1. The Morgan fingerprint density at radius 3 is 2.50 bits per heavy atom. The molecular weight excluding hydrogens is 328 g/mol. The Morgan fingerprint density at radius 1 is 1.27 bits per heavy atom. The number of primary amides is 1. The van der Waals surface area contributed by atoms with Crippen LogP contribution in [0.3, 0.4) is 0 Å². The average molecular weight is 355 g/mol.